The first-order chi connectivity index (χ1) is 13.1. The summed E-state index contributed by atoms with van der Waals surface area (Å²) in [5, 5.41) is 12.7. The summed E-state index contributed by atoms with van der Waals surface area (Å²) in [5.41, 5.74) is 4.05. The van der Waals surface area contributed by atoms with E-state index in [4.69, 9.17) is 4.99 Å². The molecule has 0 aliphatic heterocycles. The number of nitro benzene ring substituents is 1. The van der Waals surface area contributed by atoms with Crippen LogP contribution in [-0.4, -0.2) is 10.6 Å². The monoisotopic (exact) mass is 374 g/mol. The second kappa shape index (κ2) is 8.96. The number of rotatable bonds is 6. The summed E-state index contributed by atoms with van der Waals surface area (Å²) in [7, 11) is 0. The summed E-state index contributed by atoms with van der Waals surface area (Å²) < 4.78 is 0. The highest BCUT2D eigenvalue weighted by atomic mass is 32.2. The molecule has 4 nitrogen and oxygen atoms in total. The average Bonchev–Trinajstić information content (AvgIpc) is 2.68. The Bertz CT molecular complexity index is 981. The van der Waals surface area contributed by atoms with Crippen LogP contribution in [-0.2, 0) is 0 Å². The van der Waals surface area contributed by atoms with Gasteiger partial charge in [-0.1, -0.05) is 53.7 Å². The summed E-state index contributed by atoms with van der Waals surface area (Å²) in [4.78, 5) is 16.0. The molecular formula is C22H18N2O2S. The second-order valence-electron chi connectivity index (χ2n) is 5.87. The minimum absolute atomic E-state index is 0.0921. The molecule has 0 saturated heterocycles. The van der Waals surface area contributed by atoms with Crippen molar-refractivity contribution in [2.75, 3.05) is 0 Å². The average molecular weight is 374 g/mol. The van der Waals surface area contributed by atoms with Gasteiger partial charge in [-0.25, -0.2) is 4.99 Å². The molecule has 0 N–H and O–H groups in total. The van der Waals surface area contributed by atoms with E-state index in [1.54, 1.807) is 12.1 Å². The Morgan fingerprint density at radius 1 is 1.00 bits per heavy atom. The maximum Gasteiger partial charge on any atom is 0.269 e. The Kier molecular flexibility index (Phi) is 6.18. The molecule has 0 aliphatic carbocycles. The maximum absolute atomic E-state index is 10.7. The minimum Gasteiger partial charge on any atom is -0.258 e. The SMILES string of the molecule is Cc1cccc(C(C=CSc2ccc([N+](=O)[O-])cc2)=Nc2ccccc2)c1. The first kappa shape index (κ1) is 18.6. The first-order valence-corrected chi connectivity index (χ1v) is 9.28. The molecule has 3 rings (SSSR count). The van der Waals surface area contributed by atoms with E-state index in [0.717, 1.165) is 21.9 Å². The van der Waals surface area contributed by atoms with Crippen molar-refractivity contribution in [1.29, 1.82) is 0 Å². The largest absolute Gasteiger partial charge is 0.269 e. The lowest BCUT2D eigenvalue weighted by atomic mass is 10.1. The Balaban J connectivity index is 1.84. The molecule has 3 aromatic carbocycles. The molecule has 0 unspecified atom stereocenters. The van der Waals surface area contributed by atoms with E-state index < -0.39 is 4.92 Å². The molecule has 0 aromatic heterocycles. The number of non-ortho nitro benzene ring substituents is 1. The third-order valence-corrected chi connectivity index (χ3v) is 4.61. The quantitative estimate of drug-likeness (QED) is 0.219. The normalized spacial score (nSPS) is 11.7. The third kappa shape index (κ3) is 5.39. The van der Waals surface area contributed by atoms with Crippen molar-refractivity contribution in [1.82, 2.24) is 0 Å². The smallest absolute Gasteiger partial charge is 0.258 e. The van der Waals surface area contributed by atoms with Crippen molar-refractivity contribution >= 4 is 28.8 Å². The second-order valence-corrected chi connectivity index (χ2v) is 6.85. The Hall–Kier alpha value is -3.18. The number of allylic oxidation sites excluding steroid dienone is 1. The fraction of sp³-hybridized carbons (Fsp3) is 0.0455. The molecule has 0 atom stereocenters. The van der Waals surface area contributed by atoms with Gasteiger partial charge in [0, 0.05) is 22.6 Å². The zero-order valence-corrected chi connectivity index (χ0v) is 15.6. The molecule has 0 amide bonds. The lowest BCUT2D eigenvalue weighted by molar-refractivity contribution is -0.384. The number of thioether (sulfide) groups is 1. The Morgan fingerprint density at radius 2 is 1.74 bits per heavy atom. The van der Waals surface area contributed by atoms with Crippen LogP contribution in [0.4, 0.5) is 11.4 Å². The van der Waals surface area contributed by atoms with Crippen LogP contribution in [0.1, 0.15) is 11.1 Å². The van der Waals surface area contributed by atoms with Gasteiger partial charge in [0.25, 0.3) is 5.69 Å². The van der Waals surface area contributed by atoms with Crippen LogP contribution in [0.3, 0.4) is 0 Å². The molecule has 5 heteroatoms. The number of aryl methyl sites for hydroxylation is 1. The van der Waals surface area contributed by atoms with Crippen molar-refractivity contribution in [2.45, 2.75) is 11.8 Å². The van der Waals surface area contributed by atoms with Crippen molar-refractivity contribution < 1.29 is 4.92 Å². The van der Waals surface area contributed by atoms with Gasteiger partial charge in [0.2, 0.25) is 0 Å². The van der Waals surface area contributed by atoms with Gasteiger partial charge in [-0.05, 0) is 48.7 Å². The fourth-order valence-corrected chi connectivity index (χ4v) is 3.11. The van der Waals surface area contributed by atoms with Gasteiger partial charge in [0.05, 0.1) is 16.3 Å². The fourth-order valence-electron chi connectivity index (χ4n) is 2.47. The van der Waals surface area contributed by atoms with Gasteiger partial charge >= 0.3 is 0 Å². The lowest BCUT2D eigenvalue weighted by Crippen LogP contribution is -1.96. The molecule has 0 fully saturated rings. The van der Waals surface area contributed by atoms with Crippen LogP contribution in [0.2, 0.25) is 0 Å². The number of benzene rings is 3. The van der Waals surface area contributed by atoms with E-state index in [9.17, 15) is 10.1 Å². The number of para-hydroxylation sites is 1. The number of hydrogen-bond donors (Lipinski definition) is 0. The van der Waals surface area contributed by atoms with Gasteiger partial charge in [-0.15, -0.1) is 0 Å². The van der Waals surface area contributed by atoms with Crippen molar-refractivity contribution in [3.05, 3.63) is 112 Å². The highest BCUT2D eigenvalue weighted by molar-refractivity contribution is 8.02. The Morgan fingerprint density at radius 3 is 2.41 bits per heavy atom. The highest BCUT2D eigenvalue weighted by Crippen LogP contribution is 2.23. The predicted molar refractivity (Wildman–Crippen MR) is 112 cm³/mol. The van der Waals surface area contributed by atoms with Crippen LogP contribution in [0, 0.1) is 17.0 Å². The zero-order chi connectivity index (χ0) is 19.1. The molecule has 134 valence electrons. The van der Waals surface area contributed by atoms with Crippen LogP contribution >= 0.6 is 11.8 Å². The van der Waals surface area contributed by atoms with Gasteiger partial charge in [0.15, 0.2) is 0 Å². The van der Waals surface area contributed by atoms with E-state index in [1.807, 2.05) is 53.9 Å². The molecule has 0 bridgehead atoms. The molecule has 0 heterocycles. The van der Waals surface area contributed by atoms with Crippen LogP contribution in [0.25, 0.3) is 0 Å². The number of nitrogens with zero attached hydrogens (tertiary/aromatic N) is 2. The van der Waals surface area contributed by atoms with E-state index in [1.165, 1.54) is 29.5 Å². The molecule has 0 saturated carbocycles. The van der Waals surface area contributed by atoms with Crippen LogP contribution < -0.4 is 0 Å². The lowest BCUT2D eigenvalue weighted by Gasteiger charge is -2.04. The standard InChI is InChI=1S/C22H18N2O2S/c1-17-6-5-7-18(16-17)22(23-19-8-3-2-4-9-19)14-15-27-21-12-10-20(11-13-21)24(25)26/h2-16H,1H3. The highest BCUT2D eigenvalue weighted by Gasteiger charge is 2.04. The van der Waals surface area contributed by atoms with E-state index in [0.29, 0.717) is 0 Å². The summed E-state index contributed by atoms with van der Waals surface area (Å²) in [6, 6.07) is 24.5. The van der Waals surface area contributed by atoms with Gasteiger partial charge in [0.1, 0.15) is 0 Å². The first-order valence-electron chi connectivity index (χ1n) is 8.40. The maximum atomic E-state index is 10.7. The van der Waals surface area contributed by atoms with Gasteiger partial charge in [-0.2, -0.15) is 0 Å². The van der Waals surface area contributed by atoms with Gasteiger partial charge in [-0.3, -0.25) is 10.1 Å². The molecule has 0 aliphatic rings. The third-order valence-electron chi connectivity index (χ3n) is 3.80. The zero-order valence-electron chi connectivity index (χ0n) is 14.8. The number of nitro groups is 1. The number of aliphatic imine (C=N–C) groups is 1. The predicted octanol–water partition coefficient (Wildman–Crippen LogP) is 6.33. The molecule has 0 spiro atoms. The summed E-state index contributed by atoms with van der Waals surface area (Å²) in [5.74, 6) is 0. The van der Waals surface area contributed by atoms with E-state index >= 15 is 0 Å². The van der Waals surface area contributed by atoms with Gasteiger partial charge < -0.3 is 0 Å². The molecular weight excluding hydrogens is 356 g/mol. The number of hydrogen-bond acceptors (Lipinski definition) is 4. The molecule has 0 radical (unpaired) electrons. The van der Waals surface area contributed by atoms with E-state index in [-0.39, 0.29) is 5.69 Å². The van der Waals surface area contributed by atoms with E-state index in [2.05, 4.69) is 19.1 Å². The summed E-state index contributed by atoms with van der Waals surface area (Å²) in [6.07, 6.45) is 1.97. The van der Waals surface area contributed by atoms with Crippen molar-refractivity contribution in [3.63, 3.8) is 0 Å². The molecule has 3 aromatic rings. The Labute approximate surface area is 162 Å². The van der Waals surface area contributed by atoms with Crippen LogP contribution in [0.15, 0.2) is 100 Å². The summed E-state index contributed by atoms with van der Waals surface area (Å²) in [6.45, 7) is 2.05. The summed E-state index contributed by atoms with van der Waals surface area (Å²) >= 11 is 1.49. The van der Waals surface area contributed by atoms with Crippen LogP contribution in [0.5, 0.6) is 0 Å². The van der Waals surface area contributed by atoms with Crippen molar-refractivity contribution in [3.8, 4) is 0 Å². The minimum atomic E-state index is -0.396. The molecule has 27 heavy (non-hydrogen) atoms. The van der Waals surface area contributed by atoms with Crippen molar-refractivity contribution in [2.24, 2.45) is 4.99 Å². The topological polar surface area (TPSA) is 55.5 Å².